The van der Waals surface area contributed by atoms with Gasteiger partial charge in [-0.05, 0) is 93.0 Å². The Morgan fingerprint density at radius 2 is 1.61 bits per heavy atom. The minimum Gasteiger partial charge on any atom is -0.391 e. The Labute approximate surface area is 421 Å². The van der Waals surface area contributed by atoms with Crippen LogP contribution in [0.15, 0.2) is 84.5 Å². The summed E-state index contributed by atoms with van der Waals surface area (Å²) in [5, 5.41) is 20.0. The predicted octanol–water partition coefficient (Wildman–Crippen LogP) is 9.71. The van der Waals surface area contributed by atoms with E-state index in [2.05, 4.69) is 44.7 Å². The van der Waals surface area contributed by atoms with Crippen molar-refractivity contribution < 1.29 is 29.1 Å². The molecule has 2 aliphatic heterocycles. The first-order valence-corrected chi connectivity index (χ1v) is 25.8. The summed E-state index contributed by atoms with van der Waals surface area (Å²) in [6, 6.07) is 21.6. The van der Waals surface area contributed by atoms with Gasteiger partial charge in [0, 0.05) is 62.6 Å². The molecule has 2 aromatic heterocycles. The number of aromatic nitrogens is 3. The van der Waals surface area contributed by atoms with Crippen molar-refractivity contribution in [2.75, 3.05) is 35.3 Å². The molecule has 5 aromatic rings. The van der Waals surface area contributed by atoms with Crippen LogP contribution in [0.1, 0.15) is 137 Å². The Balaban J connectivity index is 0.826. The van der Waals surface area contributed by atoms with Crippen molar-refractivity contribution in [2.24, 2.45) is 11.3 Å². The van der Waals surface area contributed by atoms with E-state index in [1.165, 1.54) is 4.90 Å². The zero-order valence-corrected chi connectivity index (χ0v) is 43.1. The Morgan fingerprint density at radius 3 is 2.30 bits per heavy atom. The number of amides is 4. The SMILES string of the molecule is CCC(C)N1c2ccccc2C(=O)N(C)c2cnc(Nc3ccc(C(=O)NCCCCCCCC(=O)C[C@H](C(=O)N4C[C@H](O)C[C@H]4C(=O)N[C@@H](C)c4ccc(-c5scnc5C)cc4)C(C)(C)C)cc3)nc21. The molecule has 0 spiro atoms. The molecule has 7 rings (SSSR count). The maximum atomic E-state index is 14.2. The average molecular weight is 984 g/mol. The lowest BCUT2D eigenvalue weighted by molar-refractivity contribution is -0.146. The molecule has 0 saturated carbocycles. The molecule has 15 nitrogen and oxygen atoms in total. The molecule has 0 aliphatic carbocycles. The molecule has 71 heavy (non-hydrogen) atoms. The maximum Gasteiger partial charge on any atom is 0.260 e. The van der Waals surface area contributed by atoms with E-state index in [0.29, 0.717) is 53.7 Å². The fourth-order valence-corrected chi connectivity index (χ4v) is 10.2. The average Bonchev–Trinajstić information content (AvgIpc) is 3.96. The van der Waals surface area contributed by atoms with Crippen LogP contribution >= 0.6 is 11.3 Å². The fraction of sp³-hybridized carbons (Fsp3) is 0.455. The summed E-state index contributed by atoms with van der Waals surface area (Å²) in [6.45, 7) is 14.5. The minimum atomic E-state index is -0.835. The Kier molecular flexibility index (Phi) is 17.0. The molecular weight excluding hydrogens is 915 g/mol. The summed E-state index contributed by atoms with van der Waals surface area (Å²) in [7, 11) is 1.73. The molecule has 3 aromatic carbocycles. The van der Waals surface area contributed by atoms with Gasteiger partial charge in [-0.25, -0.2) is 9.97 Å². The number of likely N-dealkylation sites (tertiary alicyclic amines) is 1. The highest BCUT2D eigenvalue weighted by Crippen LogP contribution is 2.41. The number of thiazole rings is 1. The summed E-state index contributed by atoms with van der Waals surface area (Å²) in [4.78, 5) is 87.7. The van der Waals surface area contributed by atoms with Crippen LogP contribution in [0.4, 0.5) is 28.8 Å². The summed E-state index contributed by atoms with van der Waals surface area (Å²) < 4.78 is 0. The van der Waals surface area contributed by atoms with Crippen LogP contribution in [0.2, 0.25) is 0 Å². The van der Waals surface area contributed by atoms with E-state index >= 15 is 0 Å². The van der Waals surface area contributed by atoms with Crippen LogP contribution in [0.25, 0.3) is 10.4 Å². The Hall–Kier alpha value is -6.52. The number of unbranched alkanes of at least 4 members (excludes halogenated alkanes) is 4. The van der Waals surface area contributed by atoms with Gasteiger partial charge in [0.1, 0.15) is 17.5 Å². The van der Waals surface area contributed by atoms with Crippen LogP contribution in [0, 0.1) is 18.3 Å². The normalized spacial score (nSPS) is 16.9. The summed E-state index contributed by atoms with van der Waals surface area (Å²) in [5.74, 6) is -0.535. The topological polar surface area (TPSA) is 190 Å². The number of aliphatic hydroxyl groups excluding tert-OH is 1. The number of Topliss-reactive ketones (excluding diaryl/α,β-unsaturated/α-hetero) is 1. The first-order chi connectivity index (χ1) is 33.9. The second-order valence-corrected chi connectivity index (χ2v) is 20.9. The third kappa shape index (κ3) is 12.5. The summed E-state index contributed by atoms with van der Waals surface area (Å²) in [6.07, 6.45) is 6.37. The number of carbonyl (C=O) groups is 5. The number of rotatable bonds is 20. The lowest BCUT2D eigenvalue weighted by Gasteiger charge is -2.35. The number of anilines is 5. The molecule has 2 aliphatic rings. The quantitative estimate of drug-likeness (QED) is 0.0544. The lowest BCUT2D eigenvalue weighted by atomic mass is 9.76. The molecule has 4 N–H and O–H groups in total. The van der Waals surface area contributed by atoms with E-state index in [1.807, 2.05) is 101 Å². The molecule has 4 amide bonds. The third-order valence-corrected chi connectivity index (χ3v) is 14.8. The van der Waals surface area contributed by atoms with Crippen molar-refractivity contribution >= 4 is 69.6 Å². The van der Waals surface area contributed by atoms with Crippen molar-refractivity contribution in [3.63, 3.8) is 0 Å². The highest BCUT2D eigenvalue weighted by Gasteiger charge is 2.44. The molecule has 0 bridgehead atoms. The molecular formula is C55H69N9O6S. The number of aliphatic hydroxyl groups is 1. The summed E-state index contributed by atoms with van der Waals surface area (Å²) in [5.41, 5.74) is 7.48. The van der Waals surface area contributed by atoms with Crippen LogP contribution in [-0.4, -0.2) is 92.7 Å². The van der Waals surface area contributed by atoms with Gasteiger partial charge in [0.05, 0.1) is 45.7 Å². The number of para-hydroxylation sites is 1. The van der Waals surface area contributed by atoms with Gasteiger partial charge in [-0.15, -0.1) is 11.3 Å². The first-order valence-electron chi connectivity index (χ1n) is 24.9. The van der Waals surface area contributed by atoms with E-state index in [9.17, 15) is 29.1 Å². The lowest BCUT2D eigenvalue weighted by Crippen LogP contribution is -2.50. The number of fused-ring (bicyclic) bond motifs is 2. The molecule has 5 atom stereocenters. The highest BCUT2D eigenvalue weighted by atomic mass is 32.1. The zero-order valence-electron chi connectivity index (χ0n) is 42.3. The van der Waals surface area contributed by atoms with E-state index < -0.39 is 23.5 Å². The number of benzene rings is 3. The number of hydrogen-bond donors (Lipinski definition) is 4. The Bertz CT molecular complexity index is 2680. The summed E-state index contributed by atoms with van der Waals surface area (Å²) >= 11 is 1.58. The number of carbonyl (C=O) groups excluding carboxylic acids is 5. The van der Waals surface area contributed by atoms with Gasteiger partial charge in [-0.2, -0.15) is 4.98 Å². The number of aryl methyl sites for hydroxylation is 1. The van der Waals surface area contributed by atoms with Gasteiger partial charge >= 0.3 is 0 Å². The van der Waals surface area contributed by atoms with Crippen LogP contribution in [0.3, 0.4) is 0 Å². The second kappa shape index (κ2) is 23.1. The van der Waals surface area contributed by atoms with E-state index in [0.717, 1.165) is 59.5 Å². The van der Waals surface area contributed by atoms with Gasteiger partial charge in [-0.1, -0.05) is 83.4 Å². The molecule has 4 heterocycles. The second-order valence-electron chi connectivity index (χ2n) is 20.1. The minimum absolute atomic E-state index is 0.00801. The van der Waals surface area contributed by atoms with Gasteiger partial charge < -0.3 is 35.8 Å². The van der Waals surface area contributed by atoms with Crippen LogP contribution in [0.5, 0.6) is 0 Å². The predicted molar refractivity (Wildman–Crippen MR) is 280 cm³/mol. The number of β-amino-alcohol motifs (C(OH)–C–C–N with tert-alkyl or cyclic N) is 1. The van der Waals surface area contributed by atoms with Crippen molar-refractivity contribution in [2.45, 2.75) is 130 Å². The van der Waals surface area contributed by atoms with Crippen molar-refractivity contribution in [3.05, 3.63) is 107 Å². The largest absolute Gasteiger partial charge is 0.391 e. The molecule has 1 fully saturated rings. The number of nitrogens with one attached hydrogen (secondary N) is 3. The maximum absolute atomic E-state index is 14.2. The van der Waals surface area contributed by atoms with Crippen LogP contribution in [-0.2, 0) is 14.4 Å². The monoisotopic (exact) mass is 984 g/mol. The number of hydrogen-bond acceptors (Lipinski definition) is 12. The van der Waals surface area contributed by atoms with Crippen LogP contribution < -0.4 is 25.8 Å². The standard InChI is InChI=1S/C55H69N9O6S/c1-9-34(2)64-45-19-15-14-18-43(45)52(69)62(8)47-31-57-54(61-49(47)64)60-40-26-24-39(25-27-40)50(67)56-28-16-12-10-11-13-17-41(65)29-44(55(5,6)7)53(70)63-32-42(66)30-46(63)51(68)59-35(3)37-20-22-38(23-21-37)48-36(4)58-33-71-48/h14-15,18-27,31,33-35,42,44,46,66H,9-13,16-17,28-30,32H2,1-8H3,(H,56,67)(H,59,68)(H,57,60,61)/t34?,35-,42+,44+,46-/m0/s1. The van der Waals surface area contributed by atoms with Gasteiger partial charge in [0.25, 0.3) is 11.8 Å². The third-order valence-electron chi connectivity index (χ3n) is 13.8. The van der Waals surface area contributed by atoms with E-state index in [4.69, 9.17) is 4.98 Å². The van der Waals surface area contributed by atoms with E-state index in [-0.39, 0.29) is 60.9 Å². The molecule has 376 valence electrons. The van der Waals surface area contributed by atoms with Crippen molar-refractivity contribution in [1.82, 2.24) is 30.5 Å². The van der Waals surface area contributed by atoms with Crippen molar-refractivity contribution in [1.29, 1.82) is 0 Å². The molecule has 16 heteroatoms. The number of nitrogens with zero attached hydrogens (tertiary/aromatic N) is 6. The first kappa shape index (κ1) is 52.3. The van der Waals surface area contributed by atoms with Crippen molar-refractivity contribution in [3.8, 4) is 10.4 Å². The number of ketones is 1. The smallest absolute Gasteiger partial charge is 0.260 e. The molecule has 1 unspecified atom stereocenters. The molecule has 0 radical (unpaired) electrons. The zero-order chi connectivity index (χ0) is 51.0. The highest BCUT2D eigenvalue weighted by molar-refractivity contribution is 7.13. The van der Waals surface area contributed by atoms with E-state index in [1.54, 1.807) is 41.6 Å². The Morgan fingerprint density at radius 1 is 0.901 bits per heavy atom. The fourth-order valence-electron chi connectivity index (χ4n) is 9.35. The van der Waals surface area contributed by atoms with Gasteiger partial charge in [-0.3, -0.25) is 24.0 Å². The van der Waals surface area contributed by atoms with Gasteiger partial charge in [0.2, 0.25) is 17.8 Å². The van der Waals surface area contributed by atoms with Gasteiger partial charge in [0.15, 0.2) is 5.82 Å². The molecule has 1 saturated heterocycles.